The smallest absolute Gasteiger partial charge is 0.402 e. The monoisotopic (exact) mass is 1950 g/mol. The van der Waals surface area contributed by atoms with Crippen molar-refractivity contribution in [3.8, 4) is 0 Å². The second kappa shape index (κ2) is 637. The molecule has 0 heterocycles. The average Bonchev–Trinajstić information content (AvgIpc) is 0.811. The third kappa shape index (κ3) is 672. The van der Waals surface area contributed by atoms with E-state index in [2.05, 4.69) is 0 Å². The fraction of sp³-hybridized carbons (Fsp3) is 0. The van der Waals surface area contributed by atoms with Gasteiger partial charge < -0.3 is 15.1 Å². The minimum absolute atomic E-state index is 0. The van der Waals surface area contributed by atoms with Crippen LogP contribution in [0.2, 0.25) is 0 Å². The van der Waals surface area contributed by atoms with E-state index < -0.39 is 7.32 Å². The Morgan fingerprint density at radius 2 is 0.0581 bits per heavy atom. The van der Waals surface area contributed by atoms with Gasteiger partial charge in [0.2, 0.25) is 0 Å². The van der Waals surface area contributed by atoms with Gasteiger partial charge in [-0.25, -0.2) is 0 Å². The van der Waals surface area contributed by atoms with E-state index in [0.717, 1.165) is 0 Å². The molecule has 24 valence electrons. The van der Waals surface area contributed by atoms with Crippen molar-refractivity contribution in [1.82, 2.24) is 0 Å². The van der Waals surface area contributed by atoms with Crippen molar-refractivity contribution < 1.29 is 2440 Å². The molecule has 0 saturated carbocycles. The molecule has 0 spiro atoms. The molecule has 0 aromatic carbocycles. The fourth-order valence-electron chi connectivity index (χ4n) is 0. The average molecular weight is 1950 g/mol. The summed E-state index contributed by atoms with van der Waals surface area (Å²) in [5.41, 5.74) is 0. The van der Waals surface area contributed by atoms with Crippen LogP contribution in [-0.2, 0) is 0 Å². The van der Waals surface area contributed by atoms with Gasteiger partial charge in [-0.05, 0) is 0 Å². The van der Waals surface area contributed by atoms with Gasteiger partial charge in [0.15, 0.2) is 0 Å². The summed E-state index contributed by atoms with van der Waals surface area (Å²) in [5.74, 6) is 0. The molecular formula is H3BNa82O3+82. The van der Waals surface area contributed by atoms with Crippen molar-refractivity contribution in [3.63, 3.8) is 0 Å². The molecule has 0 aliphatic heterocycles. The molecule has 0 radical (unpaired) electrons. The Morgan fingerprint density at radius 1 is 0.0581 bits per heavy atom. The van der Waals surface area contributed by atoms with Crippen molar-refractivity contribution in [3.05, 3.63) is 0 Å². The summed E-state index contributed by atoms with van der Waals surface area (Å²) >= 11 is 0. The van der Waals surface area contributed by atoms with E-state index in [0.29, 0.717) is 0 Å². The first kappa shape index (κ1) is 649. The van der Waals surface area contributed by atoms with Crippen LogP contribution in [0.3, 0.4) is 0 Å². The van der Waals surface area contributed by atoms with Gasteiger partial charge in [-0.1, -0.05) is 0 Å². The molecule has 0 aliphatic rings. The van der Waals surface area contributed by atoms with E-state index in [1.165, 1.54) is 0 Å². The van der Waals surface area contributed by atoms with Gasteiger partial charge >= 0.3 is 2430 Å². The SMILES string of the molecule is OB(O)O.[Na+].[Na+].[Na+].[Na+].[Na+].[Na+].[Na+].[Na+].[Na+].[Na+].[Na+].[Na+].[Na+].[Na+].[Na+].[Na+].[Na+].[Na+].[Na+].[Na+].[Na+].[Na+].[Na+].[Na+].[Na+].[Na+].[Na+].[Na+].[Na+].[Na+].[Na+].[Na+].[Na+].[Na+].[Na+].[Na+].[Na+].[Na+].[Na+].[Na+].[Na+].[Na+].[Na+].[Na+].[Na+].[Na+].[Na+].[Na+].[Na+].[Na+].[Na+].[Na+].[Na+].[Na+].[Na+].[Na+].[Na+].[Na+].[Na+].[Na+].[Na+].[Na+].[Na+].[Na+].[Na+].[Na+].[Na+].[Na+].[Na+].[Na+].[Na+].[Na+].[Na+].[Na+].[Na+].[Na+].[Na+].[Na+].[Na+].[Na+].[Na+].[Na+]. The molecular weight excluding hydrogens is 1940 g/mol. The summed E-state index contributed by atoms with van der Waals surface area (Å²) in [5, 5.41) is 21.5. The Balaban J connectivity index is -0.0000000000136. The minimum atomic E-state index is -2.17. The molecule has 0 unspecified atom stereocenters. The normalized spacial score (nSPS) is 0.314. The third-order valence-corrected chi connectivity index (χ3v) is 0. The maximum absolute atomic E-state index is 7.17. The summed E-state index contributed by atoms with van der Waals surface area (Å²) in [4.78, 5) is 0. The van der Waals surface area contributed by atoms with Crippen LogP contribution in [0.5, 0.6) is 0 Å². The first-order chi connectivity index (χ1) is 1.73. The summed E-state index contributed by atoms with van der Waals surface area (Å²) in [6.07, 6.45) is 0. The Hall–Kier alpha value is 81.9. The van der Waals surface area contributed by atoms with Crippen LogP contribution in [0.25, 0.3) is 0 Å². The fourth-order valence-corrected chi connectivity index (χ4v) is 0. The molecule has 0 rings (SSSR count). The first-order valence-electron chi connectivity index (χ1n) is 0.775. The predicted molar refractivity (Wildman–Crippen MR) is 12.4 cm³/mol. The molecule has 86 heteroatoms. The number of hydrogen-bond donors (Lipinski definition) is 3. The van der Waals surface area contributed by atoms with E-state index >= 15 is 0 Å². The van der Waals surface area contributed by atoms with Crippen LogP contribution in [0.1, 0.15) is 0 Å². The van der Waals surface area contributed by atoms with Crippen LogP contribution in [0.15, 0.2) is 0 Å². The Kier molecular flexibility index (Phi) is 4810. The first-order valence-corrected chi connectivity index (χ1v) is 0.775. The van der Waals surface area contributed by atoms with E-state index in [9.17, 15) is 0 Å². The van der Waals surface area contributed by atoms with Crippen molar-refractivity contribution in [2.24, 2.45) is 0 Å². The molecule has 3 N–H and O–H groups in total. The van der Waals surface area contributed by atoms with Gasteiger partial charge in [0.1, 0.15) is 0 Å². The van der Waals surface area contributed by atoms with Gasteiger partial charge in [0.05, 0.1) is 0 Å². The maximum Gasteiger partial charge on any atom is 1.00 e. The Morgan fingerprint density at radius 3 is 0.0581 bits per heavy atom. The van der Waals surface area contributed by atoms with E-state index in [1.54, 1.807) is 0 Å². The zero-order chi connectivity index (χ0) is 3.58. The zero-order valence-corrected chi connectivity index (χ0v) is 248. The molecule has 0 amide bonds. The van der Waals surface area contributed by atoms with Crippen LogP contribution < -0.4 is 2420 Å². The predicted octanol–water partition coefficient (Wildman–Crippen LogP) is -248. The second-order valence-electron chi connectivity index (χ2n) is 0.346. The molecule has 0 fully saturated rings. The quantitative estimate of drug-likeness (QED) is 0.212. The maximum atomic E-state index is 7.17. The second-order valence-corrected chi connectivity index (χ2v) is 0.346. The van der Waals surface area contributed by atoms with Gasteiger partial charge in [-0.2, -0.15) is 0 Å². The Labute approximate surface area is 2350 Å². The largest absolute Gasteiger partial charge is 1.00 e. The third-order valence-electron chi connectivity index (χ3n) is 0. The van der Waals surface area contributed by atoms with Crippen molar-refractivity contribution in [2.45, 2.75) is 0 Å². The van der Waals surface area contributed by atoms with E-state index in [1.807, 2.05) is 0 Å². The molecule has 0 atom stereocenters. The molecule has 0 bridgehead atoms. The topological polar surface area (TPSA) is 60.7 Å². The van der Waals surface area contributed by atoms with E-state index in [4.69, 9.17) is 15.1 Å². The summed E-state index contributed by atoms with van der Waals surface area (Å²) < 4.78 is 0. The van der Waals surface area contributed by atoms with Crippen molar-refractivity contribution >= 4 is 7.32 Å². The van der Waals surface area contributed by atoms with Crippen LogP contribution in [0.4, 0.5) is 0 Å². The summed E-state index contributed by atoms with van der Waals surface area (Å²) in [7, 11) is -2.17. The van der Waals surface area contributed by atoms with E-state index in [-0.39, 0.29) is 2420 Å². The summed E-state index contributed by atoms with van der Waals surface area (Å²) in [6, 6.07) is 0. The Bertz CT molecular complexity index is 31.3. The van der Waals surface area contributed by atoms with Gasteiger partial charge in [0, 0.05) is 0 Å². The number of hydrogen-bond acceptors (Lipinski definition) is 3. The molecule has 0 aromatic heterocycles. The van der Waals surface area contributed by atoms with Crippen LogP contribution in [-0.4, -0.2) is 22.4 Å². The molecule has 3 nitrogen and oxygen atoms in total. The molecule has 86 heavy (non-hydrogen) atoms. The minimum Gasteiger partial charge on any atom is -0.402 e. The van der Waals surface area contributed by atoms with Crippen molar-refractivity contribution in [2.75, 3.05) is 0 Å². The zero-order valence-electron chi connectivity index (χ0n) is 83.9. The molecule has 0 aliphatic carbocycles. The summed E-state index contributed by atoms with van der Waals surface area (Å²) in [6.45, 7) is 0. The van der Waals surface area contributed by atoms with Crippen LogP contribution >= 0.6 is 0 Å². The standard InChI is InChI=1S/BH3O3.82Na/c2-1(3)4;;;;;;;;;;;;;;;;;;;;;;;;;;;;;;;;;;;;;;;;;;;;;;;;;;;;;;;;;;;;;;;;;;;;;;;;;;;;;;;;;;/h2-4H;;;;;;;;;;;;;;;;;;;;;;;;;;;;;;;;;;;;;;;;;;;;;;;;;;;;;;;;;;;;;;;;;;;;;;;;;;;;;;;;;;/q;82*+1. The molecule has 0 saturated heterocycles. The van der Waals surface area contributed by atoms with Crippen molar-refractivity contribution in [1.29, 1.82) is 0 Å². The van der Waals surface area contributed by atoms with Gasteiger partial charge in [-0.15, -0.1) is 0 Å². The van der Waals surface area contributed by atoms with Crippen LogP contribution in [0, 0.1) is 0 Å². The molecule has 0 aromatic rings. The van der Waals surface area contributed by atoms with Gasteiger partial charge in [-0.3, -0.25) is 0 Å². The number of rotatable bonds is 0. The van der Waals surface area contributed by atoms with Gasteiger partial charge in [0.25, 0.3) is 0 Å².